The lowest BCUT2D eigenvalue weighted by atomic mass is 9.87. The van der Waals surface area contributed by atoms with Crippen molar-refractivity contribution in [2.75, 3.05) is 5.75 Å². The van der Waals surface area contributed by atoms with E-state index in [-0.39, 0.29) is 34.9 Å². The van der Waals surface area contributed by atoms with Gasteiger partial charge >= 0.3 is 6.03 Å². The number of carbonyl (C=O) groups excluding carboxylic acids is 2. The second-order valence-corrected chi connectivity index (χ2v) is 9.25. The van der Waals surface area contributed by atoms with E-state index < -0.39 is 0 Å². The summed E-state index contributed by atoms with van der Waals surface area (Å²) < 4.78 is 0. The molecule has 1 saturated carbocycles. The van der Waals surface area contributed by atoms with Crippen LogP contribution < -0.4 is 16.0 Å². The number of aromatic nitrogens is 1. The van der Waals surface area contributed by atoms with Gasteiger partial charge in [0.1, 0.15) is 0 Å². The number of nitrogens with zero attached hydrogens (tertiary/aromatic N) is 1. The van der Waals surface area contributed by atoms with Crippen LogP contribution in [0.3, 0.4) is 0 Å². The standard InChI is InChI=1S/C19H21BrN4O2S/c1-10-6-18(22-13-5-3-2-4-11(10)13)27-9-17(25)21-14-8-16-15(7-12(14)20)23-19(26)24-16/h2-6,12,14-16H,7-9H2,1H3,(H,21,25)(H2,23,24,26). The quantitative estimate of drug-likeness (QED) is 0.495. The number of pyridine rings is 1. The molecule has 6 nitrogen and oxygen atoms in total. The number of halogens is 1. The van der Waals surface area contributed by atoms with Crippen LogP contribution in [-0.4, -0.2) is 45.6 Å². The summed E-state index contributed by atoms with van der Waals surface area (Å²) in [5.74, 6) is 0.303. The fourth-order valence-electron chi connectivity index (χ4n) is 3.78. The number of thioether (sulfide) groups is 1. The van der Waals surface area contributed by atoms with E-state index >= 15 is 0 Å². The molecule has 0 spiro atoms. The number of hydrogen-bond acceptors (Lipinski definition) is 4. The highest BCUT2D eigenvalue weighted by molar-refractivity contribution is 9.09. The first-order valence-electron chi connectivity index (χ1n) is 8.99. The van der Waals surface area contributed by atoms with Crippen molar-refractivity contribution in [1.82, 2.24) is 20.9 Å². The minimum absolute atomic E-state index is 0.00542. The minimum atomic E-state index is -0.120. The number of urea groups is 1. The van der Waals surface area contributed by atoms with Gasteiger partial charge in [-0.1, -0.05) is 45.9 Å². The number of hydrogen-bond donors (Lipinski definition) is 3. The molecule has 27 heavy (non-hydrogen) atoms. The molecule has 2 aliphatic rings. The SMILES string of the molecule is Cc1cc(SCC(=O)NC2CC3NC(=O)NC3CC2Br)nc2ccccc12. The Bertz CT molecular complexity index is 893. The fourth-order valence-corrected chi connectivity index (χ4v) is 5.32. The molecule has 1 aromatic carbocycles. The normalized spacial score (nSPS) is 27.0. The molecule has 0 radical (unpaired) electrons. The molecule has 4 unspecified atom stereocenters. The molecular formula is C19H21BrN4O2S. The van der Waals surface area contributed by atoms with Crippen LogP contribution in [0.15, 0.2) is 35.4 Å². The van der Waals surface area contributed by atoms with Crippen LogP contribution in [0.2, 0.25) is 0 Å². The van der Waals surface area contributed by atoms with Crippen molar-refractivity contribution >= 4 is 50.5 Å². The molecule has 2 heterocycles. The third-order valence-electron chi connectivity index (χ3n) is 5.14. The number of nitrogens with one attached hydrogen (secondary N) is 3. The summed E-state index contributed by atoms with van der Waals surface area (Å²) in [6.45, 7) is 2.06. The third kappa shape index (κ3) is 4.06. The van der Waals surface area contributed by atoms with Gasteiger partial charge in [-0.25, -0.2) is 9.78 Å². The maximum absolute atomic E-state index is 12.5. The van der Waals surface area contributed by atoms with Crippen LogP contribution in [-0.2, 0) is 4.79 Å². The van der Waals surface area contributed by atoms with Gasteiger partial charge in [-0.05, 0) is 37.5 Å². The van der Waals surface area contributed by atoms with E-state index in [4.69, 9.17) is 0 Å². The fraction of sp³-hybridized carbons (Fsp3) is 0.421. The number of para-hydroxylation sites is 1. The molecule has 1 aromatic heterocycles. The third-order valence-corrected chi connectivity index (χ3v) is 7.06. The Morgan fingerprint density at radius 1 is 1.30 bits per heavy atom. The Morgan fingerprint density at radius 2 is 2.04 bits per heavy atom. The summed E-state index contributed by atoms with van der Waals surface area (Å²) in [5.41, 5.74) is 2.11. The molecule has 1 aliphatic heterocycles. The van der Waals surface area contributed by atoms with Crippen LogP contribution in [0.4, 0.5) is 4.79 Å². The number of carbonyl (C=O) groups is 2. The Balaban J connectivity index is 1.35. The van der Waals surface area contributed by atoms with E-state index in [1.54, 1.807) is 0 Å². The molecule has 4 atom stereocenters. The minimum Gasteiger partial charge on any atom is -0.351 e. The highest BCUT2D eigenvalue weighted by Crippen LogP contribution is 2.28. The van der Waals surface area contributed by atoms with Gasteiger partial charge in [0, 0.05) is 16.3 Å². The van der Waals surface area contributed by atoms with Crippen molar-refractivity contribution in [1.29, 1.82) is 0 Å². The topological polar surface area (TPSA) is 83.1 Å². The zero-order valence-electron chi connectivity index (χ0n) is 14.9. The summed E-state index contributed by atoms with van der Waals surface area (Å²) in [7, 11) is 0. The second-order valence-electron chi connectivity index (χ2n) is 7.08. The van der Waals surface area contributed by atoms with Crippen LogP contribution in [0.1, 0.15) is 18.4 Å². The monoisotopic (exact) mass is 448 g/mol. The van der Waals surface area contributed by atoms with Crippen LogP contribution in [0.25, 0.3) is 10.9 Å². The molecule has 142 valence electrons. The summed E-state index contributed by atoms with van der Waals surface area (Å²) in [6, 6.07) is 10.1. The molecule has 8 heteroatoms. The van der Waals surface area contributed by atoms with Gasteiger partial charge in [-0.3, -0.25) is 4.79 Å². The van der Waals surface area contributed by atoms with E-state index in [1.807, 2.05) is 24.3 Å². The summed E-state index contributed by atoms with van der Waals surface area (Å²) >= 11 is 5.11. The molecule has 1 saturated heterocycles. The molecule has 3 amide bonds. The zero-order chi connectivity index (χ0) is 19.0. The molecule has 2 aromatic rings. The summed E-state index contributed by atoms with van der Waals surface area (Å²) in [6.07, 6.45) is 1.52. The van der Waals surface area contributed by atoms with Crippen LogP contribution >= 0.6 is 27.7 Å². The molecule has 3 N–H and O–H groups in total. The number of aryl methyl sites for hydroxylation is 1. The molecular weight excluding hydrogens is 428 g/mol. The van der Waals surface area contributed by atoms with E-state index in [9.17, 15) is 9.59 Å². The first-order chi connectivity index (χ1) is 13.0. The smallest absolute Gasteiger partial charge is 0.315 e. The first kappa shape index (κ1) is 18.6. The Hall–Kier alpha value is -1.80. The maximum Gasteiger partial charge on any atom is 0.315 e. The summed E-state index contributed by atoms with van der Waals surface area (Å²) in [4.78, 5) is 28.7. The van der Waals surface area contributed by atoms with E-state index in [0.29, 0.717) is 5.75 Å². The first-order valence-corrected chi connectivity index (χ1v) is 10.9. The highest BCUT2D eigenvalue weighted by Gasteiger charge is 2.41. The Morgan fingerprint density at radius 3 is 2.85 bits per heavy atom. The average Bonchev–Trinajstić information content (AvgIpc) is 2.99. The lowest BCUT2D eigenvalue weighted by molar-refractivity contribution is -0.119. The number of amides is 3. The van der Waals surface area contributed by atoms with Crippen molar-refractivity contribution in [2.24, 2.45) is 0 Å². The van der Waals surface area contributed by atoms with E-state index in [1.165, 1.54) is 11.8 Å². The van der Waals surface area contributed by atoms with E-state index in [2.05, 4.69) is 49.9 Å². The van der Waals surface area contributed by atoms with Gasteiger partial charge in [0.2, 0.25) is 5.91 Å². The van der Waals surface area contributed by atoms with Gasteiger partial charge in [0.05, 0.1) is 28.4 Å². The highest BCUT2D eigenvalue weighted by atomic mass is 79.9. The molecule has 1 aliphatic carbocycles. The lowest BCUT2D eigenvalue weighted by Gasteiger charge is -2.35. The van der Waals surface area contributed by atoms with Gasteiger partial charge < -0.3 is 16.0 Å². The van der Waals surface area contributed by atoms with Crippen molar-refractivity contribution < 1.29 is 9.59 Å². The number of benzene rings is 1. The largest absolute Gasteiger partial charge is 0.351 e. The Labute approximate surface area is 170 Å². The zero-order valence-corrected chi connectivity index (χ0v) is 17.3. The number of alkyl halides is 1. The van der Waals surface area contributed by atoms with Gasteiger partial charge in [-0.2, -0.15) is 0 Å². The second kappa shape index (κ2) is 7.67. The van der Waals surface area contributed by atoms with Crippen LogP contribution in [0.5, 0.6) is 0 Å². The van der Waals surface area contributed by atoms with Gasteiger partial charge in [0.25, 0.3) is 0 Å². The Kier molecular flexibility index (Phi) is 5.27. The van der Waals surface area contributed by atoms with Crippen molar-refractivity contribution in [3.63, 3.8) is 0 Å². The summed E-state index contributed by atoms with van der Waals surface area (Å²) in [5, 5.41) is 10.9. The maximum atomic E-state index is 12.5. The number of rotatable bonds is 4. The molecule has 0 bridgehead atoms. The van der Waals surface area contributed by atoms with Crippen LogP contribution in [0, 0.1) is 6.92 Å². The molecule has 2 fully saturated rings. The van der Waals surface area contributed by atoms with Crippen molar-refractivity contribution in [3.05, 3.63) is 35.9 Å². The van der Waals surface area contributed by atoms with Crippen molar-refractivity contribution in [3.8, 4) is 0 Å². The van der Waals surface area contributed by atoms with Crippen molar-refractivity contribution in [2.45, 2.75) is 47.7 Å². The average molecular weight is 449 g/mol. The number of fused-ring (bicyclic) bond motifs is 2. The predicted molar refractivity (Wildman–Crippen MR) is 110 cm³/mol. The molecule has 4 rings (SSSR count). The van der Waals surface area contributed by atoms with Gasteiger partial charge in [-0.15, -0.1) is 0 Å². The predicted octanol–water partition coefficient (Wildman–Crippen LogP) is 2.73. The van der Waals surface area contributed by atoms with E-state index in [0.717, 1.165) is 34.3 Å². The lowest BCUT2D eigenvalue weighted by Crippen LogP contribution is -2.53. The van der Waals surface area contributed by atoms with Gasteiger partial charge in [0.15, 0.2) is 0 Å².